The first-order valence-corrected chi connectivity index (χ1v) is 9.60. The Morgan fingerprint density at radius 3 is 2.53 bits per heavy atom. The van der Waals surface area contributed by atoms with Crippen LogP contribution < -0.4 is 10.6 Å². The normalized spacial score (nSPS) is 17.7. The van der Waals surface area contributed by atoms with Gasteiger partial charge in [-0.1, -0.05) is 23.9 Å². The van der Waals surface area contributed by atoms with Gasteiger partial charge in [0.25, 0.3) is 5.69 Å². The van der Waals surface area contributed by atoms with E-state index in [1.165, 1.54) is 36.4 Å². The van der Waals surface area contributed by atoms with Crippen LogP contribution in [0.4, 0.5) is 15.8 Å². The van der Waals surface area contributed by atoms with Crippen molar-refractivity contribution in [2.24, 2.45) is 10.2 Å². The number of nitro benzene ring substituents is 1. The zero-order valence-corrected chi connectivity index (χ0v) is 16.5. The molecule has 0 spiro atoms. The number of carbonyl (C=O) groups excluding carboxylic acids is 2. The summed E-state index contributed by atoms with van der Waals surface area (Å²) in [6, 6.07) is 11.1. The van der Waals surface area contributed by atoms with Crippen molar-refractivity contribution >= 4 is 45.8 Å². The Morgan fingerprint density at radius 2 is 1.90 bits per heavy atom. The second kappa shape index (κ2) is 9.27. The summed E-state index contributed by atoms with van der Waals surface area (Å²) < 4.78 is 13.0. The van der Waals surface area contributed by atoms with Crippen molar-refractivity contribution in [2.45, 2.75) is 18.6 Å². The molecule has 1 unspecified atom stereocenters. The minimum Gasteiger partial charge on any atom is -0.326 e. The summed E-state index contributed by atoms with van der Waals surface area (Å²) in [5.41, 5.74) is 1.53. The largest absolute Gasteiger partial charge is 0.326 e. The second-order valence-corrected chi connectivity index (χ2v) is 7.44. The molecule has 0 aliphatic carbocycles. The monoisotopic (exact) mass is 429 g/mol. The first kappa shape index (κ1) is 21.1. The van der Waals surface area contributed by atoms with Gasteiger partial charge < -0.3 is 10.6 Å². The number of nitrogens with zero attached hydrogens (tertiary/aromatic N) is 3. The molecular formula is C19H16FN5O4S. The lowest BCUT2D eigenvalue weighted by Crippen LogP contribution is -2.28. The number of anilines is 1. The Morgan fingerprint density at radius 1 is 1.23 bits per heavy atom. The average Bonchev–Trinajstić information content (AvgIpc) is 3.06. The molecule has 1 aliphatic heterocycles. The molecule has 0 saturated carbocycles. The smallest absolute Gasteiger partial charge is 0.269 e. The van der Waals surface area contributed by atoms with Crippen LogP contribution in [-0.4, -0.2) is 32.9 Å². The van der Waals surface area contributed by atoms with E-state index >= 15 is 0 Å². The van der Waals surface area contributed by atoms with Crippen LogP contribution in [-0.2, 0) is 9.59 Å². The van der Waals surface area contributed by atoms with E-state index in [0.29, 0.717) is 17.0 Å². The van der Waals surface area contributed by atoms with Crippen LogP contribution in [0.3, 0.4) is 0 Å². The van der Waals surface area contributed by atoms with Crippen LogP contribution in [0.25, 0.3) is 0 Å². The molecule has 1 atom stereocenters. The summed E-state index contributed by atoms with van der Waals surface area (Å²) >= 11 is 1.08. The van der Waals surface area contributed by atoms with Crippen LogP contribution in [0.5, 0.6) is 0 Å². The zero-order valence-electron chi connectivity index (χ0n) is 15.7. The van der Waals surface area contributed by atoms with E-state index in [9.17, 15) is 24.1 Å². The highest BCUT2D eigenvalue weighted by molar-refractivity contribution is 8.15. The predicted octanol–water partition coefficient (Wildman–Crippen LogP) is 3.07. The van der Waals surface area contributed by atoms with Crippen molar-refractivity contribution in [3.05, 3.63) is 70.0 Å². The summed E-state index contributed by atoms with van der Waals surface area (Å²) in [5, 5.41) is 23.4. The fourth-order valence-corrected chi connectivity index (χ4v) is 3.42. The third-order valence-corrected chi connectivity index (χ3v) is 5.13. The first-order chi connectivity index (χ1) is 14.3. The van der Waals surface area contributed by atoms with E-state index in [0.717, 1.165) is 11.8 Å². The number of nitrogens with one attached hydrogen (secondary N) is 2. The number of amidine groups is 1. The van der Waals surface area contributed by atoms with Gasteiger partial charge in [0.05, 0.1) is 10.6 Å². The van der Waals surface area contributed by atoms with Gasteiger partial charge in [-0.2, -0.15) is 5.10 Å². The fourth-order valence-electron chi connectivity index (χ4n) is 2.50. The maximum absolute atomic E-state index is 13.0. The van der Waals surface area contributed by atoms with Crippen molar-refractivity contribution in [1.29, 1.82) is 0 Å². The van der Waals surface area contributed by atoms with E-state index in [1.807, 2.05) is 0 Å². The van der Waals surface area contributed by atoms with Gasteiger partial charge in [-0.3, -0.25) is 19.7 Å². The standard InChI is InChI=1S/C19H16FN5O4S/c1-11(12-2-4-13(20)5-3-12)23-24-19-22-18(27)16(30-19)10-17(26)21-14-6-8-15(9-7-14)25(28)29/h2-9,16H,10H2,1H3,(H,21,26)(H,22,24,27)/b23-11-. The Balaban J connectivity index is 1.57. The molecule has 1 aliphatic rings. The van der Waals surface area contributed by atoms with E-state index < -0.39 is 16.1 Å². The van der Waals surface area contributed by atoms with Crippen LogP contribution in [0.1, 0.15) is 18.9 Å². The van der Waals surface area contributed by atoms with Crippen LogP contribution in [0.2, 0.25) is 0 Å². The van der Waals surface area contributed by atoms with Crippen LogP contribution in [0, 0.1) is 15.9 Å². The molecule has 2 aromatic rings. The maximum Gasteiger partial charge on any atom is 0.269 e. The summed E-state index contributed by atoms with van der Waals surface area (Å²) in [6.07, 6.45) is -0.104. The third-order valence-electron chi connectivity index (χ3n) is 4.06. The molecule has 0 bridgehead atoms. The minimum atomic E-state index is -0.678. The lowest BCUT2D eigenvalue weighted by molar-refractivity contribution is -0.384. The number of nitro groups is 1. The number of rotatable bonds is 6. The van der Waals surface area contributed by atoms with Gasteiger partial charge in [0.1, 0.15) is 11.1 Å². The number of carbonyl (C=O) groups is 2. The molecule has 2 aromatic carbocycles. The van der Waals surface area contributed by atoms with Gasteiger partial charge in [-0.15, -0.1) is 5.10 Å². The molecule has 11 heteroatoms. The van der Waals surface area contributed by atoms with Gasteiger partial charge in [0.15, 0.2) is 5.17 Å². The number of halogens is 1. The van der Waals surface area contributed by atoms with Gasteiger partial charge in [-0.25, -0.2) is 4.39 Å². The summed E-state index contributed by atoms with van der Waals surface area (Å²) in [4.78, 5) is 34.4. The van der Waals surface area contributed by atoms with Crippen LogP contribution >= 0.6 is 11.8 Å². The van der Waals surface area contributed by atoms with Gasteiger partial charge in [-0.05, 0) is 36.8 Å². The van der Waals surface area contributed by atoms with Gasteiger partial charge in [0.2, 0.25) is 11.8 Å². The van der Waals surface area contributed by atoms with Crippen molar-refractivity contribution in [3.63, 3.8) is 0 Å². The quantitative estimate of drug-likeness (QED) is 0.415. The number of benzene rings is 2. The molecule has 2 amide bonds. The molecule has 1 fully saturated rings. The number of thioether (sulfide) groups is 1. The zero-order chi connectivity index (χ0) is 21.7. The minimum absolute atomic E-state index is 0.0870. The first-order valence-electron chi connectivity index (χ1n) is 8.72. The number of non-ortho nitro benzene ring substituents is 1. The van der Waals surface area contributed by atoms with Crippen molar-refractivity contribution in [1.82, 2.24) is 5.32 Å². The Hall–Kier alpha value is -3.60. The molecule has 0 radical (unpaired) electrons. The topological polar surface area (TPSA) is 126 Å². The highest BCUT2D eigenvalue weighted by Gasteiger charge is 2.32. The van der Waals surface area contributed by atoms with Crippen molar-refractivity contribution in [2.75, 3.05) is 5.32 Å². The Labute approximate surface area is 174 Å². The molecule has 9 nitrogen and oxygen atoms in total. The van der Waals surface area contributed by atoms with E-state index in [1.54, 1.807) is 19.1 Å². The summed E-state index contributed by atoms with van der Waals surface area (Å²) in [6.45, 7) is 1.70. The summed E-state index contributed by atoms with van der Waals surface area (Å²) in [7, 11) is 0. The van der Waals surface area contributed by atoms with Gasteiger partial charge in [0, 0.05) is 24.2 Å². The lowest BCUT2D eigenvalue weighted by Gasteiger charge is -2.07. The molecule has 154 valence electrons. The molecule has 0 aromatic heterocycles. The molecule has 1 saturated heterocycles. The predicted molar refractivity (Wildman–Crippen MR) is 112 cm³/mol. The maximum atomic E-state index is 13.0. The lowest BCUT2D eigenvalue weighted by atomic mass is 10.1. The number of hydrogen-bond donors (Lipinski definition) is 2. The molecule has 30 heavy (non-hydrogen) atoms. The molecule has 1 heterocycles. The molecule has 3 rings (SSSR count). The molecular weight excluding hydrogens is 413 g/mol. The van der Waals surface area contributed by atoms with E-state index in [2.05, 4.69) is 20.8 Å². The van der Waals surface area contributed by atoms with Crippen LogP contribution in [0.15, 0.2) is 58.7 Å². The van der Waals surface area contributed by atoms with E-state index in [-0.39, 0.29) is 29.0 Å². The highest BCUT2D eigenvalue weighted by atomic mass is 32.2. The number of amides is 2. The Bertz CT molecular complexity index is 1040. The van der Waals surface area contributed by atoms with E-state index in [4.69, 9.17) is 0 Å². The SMILES string of the molecule is C/C(=N/N=C1\NC(=O)C(CC(=O)Nc2ccc([N+](=O)[O-])cc2)S1)c1ccc(F)cc1. The average molecular weight is 429 g/mol. The van der Waals surface area contributed by atoms with Gasteiger partial charge >= 0.3 is 0 Å². The fraction of sp³-hybridized carbons (Fsp3) is 0.158. The summed E-state index contributed by atoms with van der Waals surface area (Å²) in [5.74, 6) is -1.14. The third kappa shape index (κ3) is 5.47. The molecule has 2 N–H and O–H groups in total. The van der Waals surface area contributed by atoms with Crippen molar-refractivity contribution in [3.8, 4) is 0 Å². The Kier molecular flexibility index (Phi) is 6.52. The highest BCUT2D eigenvalue weighted by Crippen LogP contribution is 2.23. The van der Waals surface area contributed by atoms with Crippen molar-refractivity contribution < 1.29 is 18.9 Å². The number of hydrogen-bond acceptors (Lipinski definition) is 7. The second-order valence-electron chi connectivity index (χ2n) is 6.25.